The molecule has 0 spiro atoms. The number of hydrogen-bond acceptors (Lipinski definition) is 2. The van der Waals surface area contributed by atoms with E-state index in [0.29, 0.717) is 0 Å². The smallest absolute Gasteiger partial charge is 0.0384 e. The van der Waals surface area contributed by atoms with Crippen LogP contribution in [-0.4, -0.2) is 13.1 Å². The first kappa shape index (κ1) is 36.7. The zero-order valence-electron chi connectivity index (χ0n) is 29.3. The normalized spacial score (nSPS) is 12.4. The maximum Gasteiger partial charge on any atom is 0.0384 e. The molecule has 0 fully saturated rings. The summed E-state index contributed by atoms with van der Waals surface area (Å²) in [7, 11) is 0. The Bertz CT molecular complexity index is 1400. The first-order valence-electron chi connectivity index (χ1n) is 17.0. The van der Waals surface area contributed by atoms with Gasteiger partial charge in [-0.15, -0.1) is 0 Å². The lowest BCUT2D eigenvalue weighted by Crippen LogP contribution is -2.28. The standard InChI is InChI=1S/C40H54N2.C2H6/c1-9-12-29-41-36-27-26-33-22-15-17-24-35(33)38(36)39(5,6)28-19-18-25-37(42-30-13-10-2)40(7,8)31(4)34-23-16-14-21-32(34)20-11-3;1-2/h11,14-27,41-42H,4,9-10,12-13,28-30H2,1-3,5-8H3;1-2H3/b19-18+,20-11-,37-25+;. The van der Waals surface area contributed by atoms with E-state index in [1.807, 2.05) is 13.8 Å². The molecule has 2 N–H and O–H groups in total. The average Bonchev–Trinajstić information content (AvgIpc) is 3.03. The van der Waals surface area contributed by atoms with Crippen LogP contribution in [0.1, 0.15) is 111 Å². The van der Waals surface area contributed by atoms with Crippen molar-refractivity contribution in [3.8, 4) is 0 Å². The van der Waals surface area contributed by atoms with Gasteiger partial charge in [0.1, 0.15) is 0 Å². The van der Waals surface area contributed by atoms with E-state index in [1.165, 1.54) is 51.7 Å². The molecule has 0 saturated carbocycles. The Balaban J connectivity index is 0.00000330. The van der Waals surface area contributed by atoms with Crippen molar-refractivity contribution in [1.29, 1.82) is 0 Å². The number of fused-ring (bicyclic) bond motifs is 1. The summed E-state index contributed by atoms with van der Waals surface area (Å²) in [5, 5.41) is 10.2. The Morgan fingerprint density at radius 3 is 2.20 bits per heavy atom. The summed E-state index contributed by atoms with van der Waals surface area (Å²) < 4.78 is 0. The zero-order valence-corrected chi connectivity index (χ0v) is 29.3. The van der Waals surface area contributed by atoms with Crippen LogP contribution in [0.15, 0.2) is 97.2 Å². The molecule has 0 atom stereocenters. The maximum atomic E-state index is 4.62. The molecule has 0 aromatic heterocycles. The van der Waals surface area contributed by atoms with Crippen molar-refractivity contribution < 1.29 is 0 Å². The number of hydrogen-bond donors (Lipinski definition) is 2. The van der Waals surface area contributed by atoms with Gasteiger partial charge in [0, 0.05) is 29.9 Å². The van der Waals surface area contributed by atoms with Gasteiger partial charge in [0.05, 0.1) is 0 Å². The minimum Gasteiger partial charge on any atom is -0.388 e. The molecule has 0 heterocycles. The van der Waals surface area contributed by atoms with Crippen molar-refractivity contribution >= 4 is 28.1 Å². The molecular weight excluding hydrogens is 532 g/mol. The van der Waals surface area contributed by atoms with Gasteiger partial charge in [-0.2, -0.15) is 0 Å². The highest BCUT2D eigenvalue weighted by molar-refractivity contribution is 5.91. The molecule has 3 rings (SSSR count). The zero-order chi connectivity index (χ0) is 32.6. The van der Waals surface area contributed by atoms with E-state index in [0.717, 1.165) is 37.9 Å². The first-order valence-corrected chi connectivity index (χ1v) is 17.0. The molecule has 44 heavy (non-hydrogen) atoms. The van der Waals surface area contributed by atoms with E-state index in [9.17, 15) is 0 Å². The quantitative estimate of drug-likeness (QED) is 0.128. The third-order valence-electron chi connectivity index (χ3n) is 8.38. The van der Waals surface area contributed by atoms with Crippen LogP contribution in [0.25, 0.3) is 22.4 Å². The van der Waals surface area contributed by atoms with E-state index in [-0.39, 0.29) is 10.8 Å². The van der Waals surface area contributed by atoms with Gasteiger partial charge in [-0.25, -0.2) is 0 Å². The minimum absolute atomic E-state index is 0.0416. The van der Waals surface area contributed by atoms with E-state index in [4.69, 9.17) is 0 Å². The van der Waals surface area contributed by atoms with Gasteiger partial charge < -0.3 is 10.6 Å². The Morgan fingerprint density at radius 2 is 1.50 bits per heavy atom. The number of anilines is 1. The van der Waals surface area contributed by atoms with Crippen LogP contribution >= 0.6 is 0 Å². The Morgan fingerprint density at radius 1 is 0.841 bits per heavy atom. The van der Waals surface area contributed by atoms with Crippen LogP contribution in [0.5, 0.6) is 0 Å². The molecule has 0 bridgehead atoms. The van der Waals surface area contributed by atoms with Crippen molar-refractivity contribution in [2.24, 2.45) is 5.41 Å². The summed E-state index contributed by atoms with van der Waals surface area (Å²) in [5.41, 5.74) is 7.11. The molecule has 0 radical (unpaired) electrons. The maximum absolute atomic E-state index is 4.62. The largest absolute Gasteiger partial charge is 0.388 e. The fraction of sp³-hybridized carbons (Fsp3) is 0.429. The molecular formula is C42H60N2. The predicted octanol–water partition coefficient (Wildman–Crippen LogP) is 12.3. The number of rotatable bonds is 16. The van der Waals surface area contributed by atoms with Crippen LogP contribution < -0.4 is 10.6 Å². The number of nitrogens with one attached hydrogen (secondary N) is 2. The lowest BCUT2D eigenvalue weighted by Gasteiger charge is -2.32. The molecule has 2 nitrogen and oxygen atoms in total. The summed E-state index contributed by atoms with van der Waals surface area (Å²) in [6.45, 7) is 26.4. The topological polar surface area (TPSA) is 24.1 Å². The number of unbranched alkanes of at least 4 members (excludes halogenated alkanes) is 2. The van der Waals surface area contributed by atoms with Crippen LogP contribution in [0, 0.1) is 5.41 Å². The van der Waals surface area contributed by atoms with Gasteiger partial charge in [-0.3, -0.25) is 0 Å². The van der Waals surface area contributed by atoms with E-state index in [1.54, 1.807) is 0 Å². The van der Waals surface area contributed by atoms with Crippen molar-refractivity contribution in [2.45, 2.75) is 99.8 Å². The molecule has 0 unspecified atom stereocenters. The van der Waals surface area contributed by atoms with Crippen LogP contribution in [0.2, 0.25) is 0 Å². The molecule has 3 aromatic carbocycles. The molecule has 2 heteroatoms. The Hall–Kier alpha value is -3.52. The first-order chi connectivity index (χ1) is 21.2. The van der Waals surface area contributed by atoms with Crippen molar-refractivity contribution in [1.82, 2.24) is 5.32 Å². The minimum atomic E-state index is -0.253. The molecule has 0 aliphatic rings. The highest BCUT2D eigenvalue weighted by Gasteiger charge is 2.29. The average molecular weight is 593 g/mol. The van der Waals surface area contributed by atoms with E-state index >= 15 is 0 Å². The lowest BCUT2D eigenvalue weighted by atomic mass is 9.76. The van der Waals surface area contributed by atoms with Crippen LogP contribution in [-0.2, 0) is 5.41 Å². The van der Waals surface area contributed by atoms with Gasteiger partial charge in [-0.1, -0.05) is 154 Å². The fourth-order valence-corrected chi connectivity index (χ4v) is 5.66. The third-order valence-corrected chi connectivity index (χ3v) is 8.38. The second kappa shape index (κ2) is 18.3. The van der Waals surface area contributed by atoms with Crippen molar-refractivity contribution in [3.05, 3.63) is 114 Å². The highest BCUT2D eigenvalue weighted by Crippen LogP contribution is 2.41. The summed E-state index contributed by atoms with van der Waals surface area (Å²) in [6.07, 6.45) is 16.7. The highest BCUT2D eigenvalue weighted by atomic mass is 14.9. The number of allylic oxidation sites excluding steroid dienone is 5. The summed E-state index contributed by atoms with van der Waals surface area (Å²) in [6, 6.07) is 21.9. The monoisotopic (exact) mass is 592 g/mol. The van der Waals surface area contributed by atoms with Crippen molar-refractivity contribution in [2.75, 3.05) is 18.4 Å². The van der Waals surface area contributed by atoms with Gasteiger partial charge in [-0.05, 0) is 76.8 Å². The molecule has 0 saturated heterocycles. The summed E-state index contributed by atoms with van der Waals surface area (Å²) in [5.74, 6) is 0. The van der Waals surface area contributed by atoms with E-state index in [2.05, 4.69) is 157 Å². The van der Waals surface area contributed by atoms with Gasteiger partial charge in [0.15, 0.2) is 0 Å². The predicted molar refractivity (Wildman–Crippen MR) is 200 cm³/mol. The van der Waals surface area contributed by atoms with E-state index < -0.39 is 0 Å². The van der Waals surface area contributed by atoms with Gasteiger partial charge >= 0.3 is 0 Å². The SMILES string of the molecule is C=C(c1ccccc1/C=C\C)C(C)(C)/C(=C\C=C\CC(C)(C)c1c(NCCCC)ccc2ccccc12)NCCCC.CC. The number of benzene rings is 3. The molecule has 0 aliphatic heterocycles. The summed E-state index contributed by atoms with van der Waals surface area (Å²) >= 11 is 0. The fourth-order valence-electron chi connectivity index (χ4n) is 5.66. The second-order valence-corrected chi connectivity index (χ2v) is 12.6. The van der Waals surface area contributed by atoms with Crippen LogP contribution in [0.3, 0.4) is 0 Å². The second-order valence-electron chi connectivity index (χ2n) is 12.6. The van der Waals surface area contributed by atoms with Crippen LogP contribution in [0.4, 0.5) is 5.69 Å². The lowest BCUT2D eigenvalue weighted by molar-refractivity contribution is 0.531. The third kappa shape index (κ3) is 9.74. The molecule has 0 amide bonds. The molecule has 0 aliphatic carbocycles. The molecule has 238 valence electrons. The Kier molecular flexibility index (Phi) is 15.3. The Labute approximate surface area is 270 Å². The van der Waals surface area contributed by atoms with Gasteiger partial charge in [0.25, 0.3) is 0 Å². The van der Waals surface area contributed by atoms with Crippen molar-refractivity contribution in [3.63, 3.8) is 0 Å². The van der Waals surface area contributed by atoms with Gasteiger partial charge in [0.2, 0.25) is 0 Å². The summed E-state index contributed by atoms with van der Waals surface area (Å²) in [4.78, 5) is 0. The molecule has 3 aromatic rings.